The molecule has 0 spiro atoms. The van der Waals surface area contributed by atoms with Gasteiger partial charge in [0.05, 0.1) is 37.9 Å². The molecule has 0 N–H and O–H groups in total. The third-order valence-corrected chi connectivity index (χ3v) is 20.3. The van der Waals surface area contributed by atoms with Crippen molar-refractivity contribution >= 4 is 43.2 Å². The monoisotopic (exact) mass is 708 g/mol. The summed E-state index contributed by atoms with van der Waals surface area (Å²) in [5, 5.41) is 4.33. The van der Waals surface area contributed by atoms with Crippen LogP contribution in [-0.4, -0.2) is 61.1 Å². The molecule has 0 heterocycles. The largest absolute Gasteiger partial charge is 0.404 e. The van der Waals surface area contributed by atoms with E-state index in [-0.39, 0.29) is 22.0 Å². The van der Waals surface area contributed by atoms with Gasteiger partial charge in [-0.15, -0.1) is 0 Å². The van der Waals surface area contributed by atoms with E-state index in [1.54, 1.807) is 0 Å². The first-order chi connectivity index (χ1) is 23.9. The maximum atomic E-state index is 14.5. The number of rotatable bonds is 14. The van der Waals surface area contributed by atoms with Crippen LogP contribution in [0.15, 0.2) is 121 Å². The molecule has 266 valence electrons. The van der Waals surface area contributed by atoms with Gasteiger partial charge in [0.2, 0.25) is 0 Å². The highest BCUT2D eigenvalue weighted by molar-refractivity contribution is 7.00. The van der Waals surface area contributed by atoms with Crippen molar-refractivity contribution in [1.82, 2.24) is 0 Å². The predicted molar refractivity (Wildman–Crippen MR) is 210 cm³/mol. The number of hydrogen-bond donors (Lipinski definition) is 0. The summed E-state index contributed by atoms with van der Waals surface area (Å²) in [7, 11) is -5.92. The van der Waals surface area contributed by atoms with Crippen LogP contribution in [0.25, 0.3) is 0 Å². The van der Waals surface area contributed by atoms with Gasteiger partial charge >= 0.3 is 0 Å². The maximum Gasteiger partial charge on any atom is 0.261 e. The average molecular weight is 709 g/mol. The van der Waals surface area contributed by atoms with Crippen LogP contribution in [0.3, 0.4) is 0 Å². The maximum absolute atomic E-state index is 14.5. The van der Waals surface area contributed by atoms with Gasteiger partial charge < -0.3 is 18.3 Å². The molecule has 4 aromatic rings. The molecule has 3 atom stereocenters. The van der Waals surface area contributed by atoms with E-state index in [1.165, 1.54) is 20.7 Å². The Morgan fingerprint density at radius 3 is 1.34 bits per heavy atom. The quantitative estimate of drug-likeness (QED) is 0.105. The SMILES string of the molecule is CCOCCOCC1C(=O)CC(O[Si](c2ccccc2)(c2ccccc2)C(C)(C)C)CC1O[Si](c1ccccc1)(c1ccccc1)C(C)(C)C. The van der Waals surface area contributed by atoms with Gasteiger partial charge in [-0.1, -0.05) is 163 Å². The zero-order valence-corrected chi connectivity index (χ0v) is 33.1. The van der Waals surface area contributed by atoms with E-state index in [0.717, 1.165) is 0 Å². The molecule has 1 aliphatic carbocycles. The van der Waals surface area contributed by atoms with Crippen molar-refractivity contribution in [3.8, 4) is 0 Å². The number of ketones is 1. The molecule has 5 nitrogen and oxygen atoms in total. The van der Waals surface area contributed by atoms with Gasteiger partial charge in [-0.2, -0.15) is 0 Å². The van der Waals surface area contributed by atoms with Crippen LogP contribution in [0, 0.1) is 5.92 Å². The number of ether oxygens (including phenoxy) is 2. The Kier molecular flexibility index (Phi) is 12.5. The minimum absolute atomic E-state index is 0.138. The van der Waals surface area contributed by atoms with Crippen LogP contribution in [0.1, 0.15) is 61.3 Å². The fourth-order valence-corrected chi connectivity index (χ4v) is 17.3. The number of hydrogen-bond acceptors (Lipinski definition) is 5. The number of Topliss-reactive ketones (excluding diaryl/α,β-unsaturated/α-hetero) is 1. The zero-order valence-electron chi connectivity index (χ0n) is 31.1. The molecule has 3 unspecified atom stereocenters. The van der Waals surface area contributed by atoms with Crippen molar-refractivity contribution < 1.29 is 23.1 Å². The summed E-state index contributed by atoms with van der Waals surface area (Å²) in [5.41, 5.74) is 0. The Balaban J connectivity index is 1.61. The second kappa shape index (κ2) is 16.4. The van der Waals surface area contributed by atoms with Crippen molar-refractivity contribution in [3.05, 3.63) is 121 Å². The van der Waals surface area contributed by atoms with Crippen molar-refractivity contribution in [2.45, 2.75) is 83.6 Å². The lowest BCUT2D eigenvalue weighted by molar-refractivity contribution is -0.136. The van der Waals surface area contributed by atoms with E-state index in [4.69, 9.17) is 18.3 Å². The first kappa shape index (κ1) is 38.1. The summed E-state index contributed by atoms with van der Waals surface area (Å²) < 4.78 is 27.1. The normalized spacial score (nSPS) is 19.0. The smallest absolute Gasteiger partial charge is 0.261 e. The highest BCUT2D eigenvalue weighted by Crippen LogP contribution is 2.43. The van der Waals surface area contributed by atoms with Gasteiger partial charge in [0.1, 0.15) is 5.78 Å². The Hall–Kier alpha value is -3.18. The van der Waals surface area contributed by atoms with Crippen LogP contribution in [-0.2, 0) is 23.1 Å². The van der Waals surface area contributed by atoms with Gasteiger partial charge in [0.25, 0.3) is 16.6 Å². The van der Waals surface area contributed by atoms with Gasteiger partial charge in [0.15, 0.2) is 0 Å². The van der Waals surface area contributed by atoms with Crippen LogP contribution >= 0.6 is 0 Å². The summed E-state index contributed by atoms with van der Waals surface area (Å²) in [6, 6.07) is 42.7. The molecule has 0 saturated heterocycles. The van der Waals surface area contributed by atoms with E-state index >= 15 is 0 Å². The molecule has 5 rings (SSSR count). The third kappa shape index (κ3) is 7.99. The Labute approximate surface area is 302 Å². The van der Waals surface area contributed by atoms with E-state index in [0.29, 0.717) is 39.3 Å². The molecule has 0 radical (unpaired) electrons. The lowest BCUT2D eigenvalue weighted by atomic mass is 9.84. The molecular formula is C43H56O5Si2. The van der Waals surface area contributed by atoms with Crippen molar-refractivity contribution in [3.63, 3.8) is 0 Å². The van der Waals surface area contributed by atoms with Crippen molar-refractivity contribution in [2.24, 2.45) is 5.92 Å². The summed E-state index contributed by atoms with van der Waals surface area (Å²) in [5.74, 6) is -0.282. The second-order valence-corrected chi connectivity index (χ2v) is 24.0. The first-order valence-electron chi connectivity index (χ1n) is 18.2. The van der Waals surface area contributed by atoms with Crippen molar-refractivity contribution in [2.75, 3.05) is 26.4 Å². The lowest BCUT2D eigenvalue weighted by Gasteiger charge is -2.50. The highest BCUT2D eigenvalue weighted by Gasteiger charge is 2.56. The van der Waals surface area contributed by atoms with Crippen LogP contribution in [0.5, 0.6) is 0 Å². The molecule has 0 aliphatic heterocycles. The summed E-state index contributed by atoms with van der Waals surface area (Å²) in [6.45, 7) is 17.6. The van der Waals surface area contributed by atoms with Crippen LogP contribution < -0.4 is 20.7 Å². The minimum Gasteiger partial charge on any atom is -0.404 e. The number of benzene rings is 4. The lowest BCUT2D eigenvalue weighted by Crippen LogP contribution is -2.70. The zero-order chi connectivity index (χ0) is 35.8. The third-order valence-electron chi connectivity index (χ3n) is 10.2. The number of carbonyl (C=O) groups excluding carboxylic acids is 1. The molecule has 4 aromatic carbocycles. The predicted octanol–water partition coefficient (Wildman–Crippen LogP) is 6.91. The Morgan fingerprint density at radius 2 is 0.960 bits per heavy atom. The van der Waals surface area contributed by atoms with Gasteiger partial charge in [-0.3, -0.25) is 4.79 Å². The highest BCUT2D eigenvalue weighted by atomic mass is 28.4. The molecular weight excluding hydrogens is 653 g/mol. The second-order valence-electron chi connectivity index (χ2n) is 15.5. The average Bonchev–Trinajstić information content (AvgIpc) is 3.10. The van der Waals surface area contributed by atoms with E-state index in [1.807, 2.05) is 6.92 Å². The van der Waals surface area contributed by atoms with E-state index < -0.39 is 28.7 Å². The minimum atomic E-state index is -3.00. The number of carbonyl (C=O) groups is 1. The summed E-state index contributed by atoms with van der Waals surface area (Å²) in [6.07, 6.45) is 0.194. The fraction of sp³-hybridized carbons (Fsp3) is 0.419. The Bertz CT molecular complexity index is 1540. The summed E-state index contributed by atoms with van der Waals surface area (Å²) >= 11 is 0. The molecule has 50 heavy (non-hydrogen) atoms. The molecule has 1 aliphatic rings. The van der Waals surface area contributed by atoms with Crippen molar-refractivity contribution in [1.29, 1.82) is 0 Å². The van der Waals surface area contributed by atoms with Gasteiger partial charge in [-0.25, -0.2) is 0 Å². The van der Waals surface area contributed by atoms with E-state index in [2.05, 4.69) is 163 Å². The summed E-state index contributed by atoms with van der Waals surface area (Å²) in [4.78, 5) is 14.5. The Morgan fingerprint density at radius 1 is 0.580 bits per heavy atom. The van der Waals surface area contributed by atoms with E-state index in [9.17, 15) is 4.79 Å². The molecule has 0 bridgehead atoms. The van der Waals surface area contributed by atoms with Crippen LogP contribution in [0.2, 0.25) is 10.1 Å². The first-order valence-corrected chi connectivity index (χ1v) is 22.0. The molecule has 7 heteroatoms. The molecule has 0 amide bonds. The fourth-order valence-electron chi connectivity index (χ4n) is 7.84. The van der Waals surface area contributed by atoms with Gasteiger partial charge in [0, 0.05) is 13.0 Å². The van der Waals surface area contributed by atoms with Gasteiger partial charge in [-0.05, 0) is 44.2 Å². The molecule has 0 aromatic heterocycles. The molecule has 1 saturated carbocycles. The standard InChI is InChI=1S/C43H56O5Si2/c1-8-45-29-30-46-33-39-40(44)31-34(47-49(42(2,3)4,35-21-13-9-14-22-35)36-23-15-10-16-24-36)32-41(39)48-50(43(5,6)7,37-25-17-11-18-26-37)38-27-19-12-20-28-38/h9-28,34,39,41H,8,29-33H2,1-7H3. The van der Waals surface area contributed by atoms with Crippen LogP contribution in [0.4, 0.5) is 0 Å². The topological polar surface area (TPSA) is 54.0 Å². The molecule has 1 fully saturated rings.